The summed E-state index contributed by atoms with van der Waals surface area (Å²) in [5.41, 5.74) is 1.51. The molecule has 0 unspecified atom stereocenters. The molecule has 7 heteroatoms. The summed E-state index contributed by atoms with van der Waals surface area (Å²) in [4.78, 5) is 34.0. The van der Waals surface area contributed by atoms with Crippen molar-refractivity contribution >= 4 is 40.2 Å². The minimum absolute atomic E-state index is 0.0385. The van der Waals surface area contributed by atoms with Crippen molar-refractivity contribution in [3.05, 3.63) is 75.3 Å². The summed E-state index contributed by atoms with van der Waals surface area (Å²) in [6, 6.07) is 15.1. The number of rotatable bonds is 8. The fraction of sp³-hybridized carbons (Fsp3) is 0.286. The van der Waals surface area contributed by atoms with Crippen LogP contribution >= 0.6 is 23.4 Å². The Bertz CT molecular complexity index is 1010. The van der Waals surface area contributed by atoms with Crippen molar-refractivity contribution in [1.82, 2.24) is 14.9 Å². The van der Waals surface area contributed by atoms with E-state index in [4.69, 9.17) is 11.6 Å². The Hall–Kier alpha value is -2.31. The standard InChI is InChI=1S/C21H22ClN3O2S/c1-2-10-25(20(26)14-28-13-15-6-4-3-5-7-15)12-19-23-18-11-16(22)8-9-17(18)21(27)24-19/h3-9,11H,2,10,12-14H2,1H3,(H,23,24,27). The van der Waals surface area contributed by atoms with E-state index in [-0.39, 0.29) is 18.0 Å². The Kier molecular flexibility index (Phi) is 7.12. The van der Waals surface area contributed by atoms with Gasteiger partial charge in [-0.3, -0.25) is 9.59 Å². The third-order valence-corrected chi connectivity index (χ3v) is 5.47. The first kappa shape index (κ1) is 20.4. The molecule has 2 aromatic carbocycles. The van der Waals surface area contributed by atoms with E-state index in [1.165, 1.54) is 5.56 Å². The molecule has 0 aliphatic rings. The number of carbonyl (C=O) groups excluding carboxylic acids is 1. The number of benzene rings is 2. The summed E-state index contributed by atoms with van der Waals surface area (Å²) in [5.74, 6) is 1.68. The van der Waals surface area contributed by atoms with Crippen molar-refractivity contribution < 1.29 is 4.79 Å². The fourth-order valence-electron chi connectivity index (χ4n) is 2.90. The lowest BCUT2D eigenvalue weighted by Crippen LogP contribution is -2.34. The lowest BCUT2D eigenvalue weighted by Gasteiger charge is -2.21. The number of thioether (sulfide) groups is 1. The molecule has 28 heavy (non-hydrogen) atoms. The minimum atomic E-state index is -0.223. The molecular weight excluding hydrogens is 394 g/mol. The Morgan fingerprint density at radius 1 is 1.21 bits per heavy atom. The maximum absolute atomic E-state index is 12.7. The van der Waals surface area contributed by atoms with Crippen LogP contribution < -0.4 is 5.56 Å². The predicted octanol–water partition coefficient (Wildman–Crippen LogP) is 4.25. The highest BCUT2D eigenvalue weighted by Crippen LogP contribution is 2.16. The van der Waals surface area contributed by atoms with E-state index in [9.17, 15) is 9.59 Å². The van der Waals surface area contributed by atoms with Crippen LogP contribution in [0.5, 0.6) is 0 Å². The number of aromatic amines is 1. The van der Waals surface area contributed by atoms with Crippen LogP contribution in [0.3, 0.4) is 0 Å². The highest BCUT2D eigenvalue weighted by molar-refractivity contribution is 7.99. The second-order valence-electron chi connectivity index (χ2n) is 6.47. The largest absolute Gasteiger partial charge is 0.335 e. The molecule has 0 aliphatic heterocycles. The van der Waals surface area contributed by atoms with Gasteiger partial charge in [-0.05, 0) is 30.2 Å². The van der Waals surface area contributed by atoms with Crippen molar-refractivity contribution in [3.63, 3.8) is 0 Å². The van der Waals surface area contributed by atoms with Crippen LogP contribution in [0, 0.1) is 0 Å². The van der Waals surface area contributed by atoms with Gasteiger partial charge in [-0.1, -0.05) is 48.9 Å². The predicted molar refractivity (Wildman–Crippen MR) is 116 cm³/mol. The number of carbonyl (C=O) groups is 1. The highest BCUT2D eigenvalue weighted by Gasteiger charge is 2.15. The first-order valence-corrected chi connectivity index (χ1v) is 10.7. The maximum Gasteiger partial charge on any atom is 0.258 e. The van der Waals surface area contributed by atoms with E-state index in [1.807, 2.05) is 25.1 Å². The third kappa shape index (κ3) is 5.36. The summed E-state index contributed by atoms with van der Waals surface area (Å²) >= 11 is 7.60. The van der Waals surface area contributed by atoms with Crippen LogP contribution in [0.25, 0.3) is 10.9 Å². The van der Waals surface area contributed by atoms with Gasteiger partial charge in [0.25, 0.3) is 5.56 Å². The number of fused-ring (bicyclic) bond motifs is 1. The highest BCUT2D eigenvalue weighted by atomic mass is 35.5. The molecule has 146 valence electrons. The van der Waals surface area contributed by atoms with Crippen LogP contribution in [-0.4, -0.2) is 33.1 Å². The maximum atomic E-state index is 12.7. The average molecular weight is 416 g/mol. The molecule has 0 radical (unpaired) electrons. The topological polar surface area (TPSA) is 66.1 Å². The van der Waals surface area contributed by atoms with Crippen LogP contribution in [0.15, 0.2) is 53.3 Å². The van der Waals surface area contributed by atoms with Gasteiger partial charge in [0.05, 0.1) is 23.2 Å². The van der Waals surface area contributed by atoms with Gasteiger partial charge in [0.2, 0.25) is 5.91 Å². The van der Waals surface area contributed by atoms with Gasteiger partial charge >= 0.3 is 0 Å². The molecule has 0 saturated heterocycles. The minimum Gasteiger partial charge on any atom is -0.335 e. The Morgan fingerprint density at radius 3 is 2.75 bits per heavy atom. The monoisotopic (exact) mass is 415 g/mol. The quantitative estimate of drug-likeness (QED) is 0.597. The molecule has 5 nitrogen and oxygen atoms in total. The fourth-order valence-corrected chi connectivity index (χ4v) is 3.95. The molecule has 0 fully saturated rings. The number of amides is 1. The van der Waals surface area contributed by atoms with Crippen LogP contribution in [-0.2, 0) is 17.1 Å². The van der Waals surface area contributed by atoms with Gasteiger partial charge in [0.15, 0.2) is 0 Å². The summed E-state index contributed by atoms with van der Waals surface area (Å²) in [6.07, 6.45) is 0.832. The first-order valence-electron chi connectivity index (χ1n) is 9.14. The Balaban J connectivity index is 1.69. The van der Waals surface area contributed by atoms with Crippen LogP contribution in [0.2, 0.25) is 5.02 Å². The molecule has 3 rings (SSSR count). The second-order valence-corrected chi connectivity index (χ2v) is 7.89. The first-order chi connectivity index (χ1) is 13.6. The van der Waals surface area contributed by atoms with Crippen molar-refractivity contribution in [2.75, 3.05) is 12.3 Å². The van der Waals surface area contributed by atoms with Crippen molar-refractivity contribution in [2.45, 2.75) is 25.6 Å². The summed E-state index contributed by atoms with van der Waals surface area (Å²) in [6.45, 7) is 2.91. The van der Waals surface area contributed by atoms with Crippen molar-refractivity contribution in [1.29, 1.82) is 0 Å². The SMILES string of the molecule is CCCN(Cc1nc2cc(Cl)ccc2c(=O)[nH]1)C(=O)CSCc1ccccc1. The lowest BCUT2D eigenvalue weighted by molar-refractivity contribution is -0.129. The lowest BCUT2D eigenvalue weighted by atomic mass is 10.2. The van der Waals surface area contributed by atoms with Crippen molar-refractivity contribution in [3.8, 4) is 0 Å². The van der Waals surface area contributed by atoms with Crippen molar-refractivity contribution in [2.24, 2.45) is 0 Å². The summed E-state index contributed by atoms with van der Waals surface area (Å²) in [7, 11) is 0. The molecule has 0 spiro atoms. The molecule has 1 heterocycles. The number of aromatic nitrogens is 2. The van der Waals surface area contributed by atoms with Gasteiger partial charge in [0, 0.05) is 17.3 Å². The molecular formula is C21H22ClN3O2S. The van der Waals surface area contributed by atoms with Gasteiger partial charge in [-0.2, -0.15) is 0 Å². The zero-order valence-electron chi connectivity index (χ0n) is 15.7. The molecule has 0 bridgehead atoms. The number of nitrogens with one attached hydrogen (secondary N) is 1. The second kappa shape index (κ2) is 9.75. The Labute approximate surface area is 173 Å². The number of hydrogen-bond acceptors (Lipinski definition) is 4. The van der Waals surface area contributed by atoms with E-state index < -0.39 is 0 Å². The van der Waals surface area contributed by atoms with E-state index >= 15 is 0 Å². The summed E-state index contributed by atoms with van der Waals surface area (Å²) < 4.78 is 0. The van der Waals surface area contributed by atoms with Gasteiger partial charge in [-0.15, -0.1) is 11.8 Å². The zero-order valence-corrected chi connectivity index (χ0v) is 17.2. The van der Waals surface area contributed by atoms with E-state index in [1.54, 1.807) is 34.9 Å². The number of hydrogen-bond donors (Lipinski definition) is 1. The number of H-pyrrole nitrogens is 1. The molecule has 3 aromatic rings. The molecule has 1 amide bonds. The Morgan fingerprint density at radius 2 is 2.00 bits per heavy atom. The summed E-state index contributed by atoms with van der Waals surface area (Å²) in [5, 5.41) is 1.01. The smallest absolute Gasteiger partial charge is 0.258 e. The molecule has 0 atom stereocenters. The van der Waals surface area contributed by atoms with Crippen LogP contribution in [0.1, 0.15) is 24.7 Å². The molecule has 1 aromatic heterocycles. The van der Waals surface area contributed by atoms with Gasteiger partial charge in [0.1, 0.15) is 5.82 Å². The number of halogens is 1. The van der Waals surface area contributed by atoms with E-state index in [2.05, 4.69) is 22.1 Å². The molecule has 0 aliphatic carbocycles. The van der Waals surface area contributed by atoms with Gasteiger partial charge < -0.3 is 9.88 Å². The zero-order chi connectivity index (χ0) is 19.9. The van der Waals surface area contributed by atoms with E-state index in [0.717, 1.165) is 12.2 Å². The third-order valence-electron chi connectivity index (χ3n) is 4.24. The van der Waals surface area contributed by atoms with Crippen LogP contribution in [0.4, 0.5) is 0 Å². The number of nitrogens with zero attached hydrogens (tertiary/aromatic N) is 2. The van der Waals surface area contributed by atoms with Gasteiger partial charge in [-0.25, -0.2) is 4.98 Å². The normalized spacial score (nSPS) is 10.9. The molecule has 1 N–H and O–H groups in total. The molecule has 0 saturated carbocycles. The van der Waals surface area contributed by atoms with E-state index in [0.29, 0.717) is 34.0 Å². The average Bonchev–Trinajstić information content (AvgIpc) is 2.68.